The molecular weight excluding hydrogens is 464 g/mol. The minimum absolute atomic E-state index is 0.127. The van der Waals surface area contributed by atoms with Gasteiger partial charge in [0.15, 0.2) is 17.7 Å². The first-order valence-electron chi connectivity index (χ1n) is 12.1. The molecule has 0 amide bonds. The fraction of sp³-hybridized carbons (Fsp3) is 0.429. The Morgan fingerprint density at radius 1 is 1.06 bits per heavy atom. The van der Waals surface area contributed by atoms with Crippen molar-refractivity contribution in [1.82, 2.24) is 0 Å². The van der Waals surface area contributed by atoms with E-state index in [1.807, 2.05) is 54.6 Å². The molecule has 0 N–H and O–H groups in total. The van der Waals surface area contributed by atoms with E-state index in [9.17, 15) is 9.59 Å². The molecule has 0 unspecified atom stereocenters. The first-order valence-corrected chi connectivity index (χ1v) is 12.1. The fourth-order valence-electron chi connectivity index (χ4n) is 4.12. The summed E-state index contributed by atoms with van der Waals surface area (Å²) in [6.45, 7) is 3.90. The van der Waals surface area contributed by atoms with Crippen LogP contribution in [0.4, 0.5) is 4.79 Å². The van der Waals surface area contributed by atoms with Gasteiger partial charge in [0.1, 0.15) is 17.6 Å². The molecule has 36 heavy (non-hydrogen) atoms. The Kier molecular flexibility index (Phi) is 8.28. The molecule has 8 nitrogen and oxygen atoms in total. The molecule has 0 saturated carbocycles. The highest BCUT2D eigenvalue weighted by Gasteiger charge is 2.43. The van der Waals surface area contributed by atoms with Crippen molar-refractivity contribution in [2.24, 2.45) is 0 Å². The fourth-order valence-corrected chi connectivity index (χ4v) is 4.12. The summed E-state index contributed by atoms with van der Waals surface area (Å²) in [6.07, 6.45) is 2.13. The Labute approximate surface area is 211 Å². The van der Waals surface area contributed by atoms with Crippen LogP contribution in [-0.2, 0) is 23.7 Å². The molecule has 0 bridgehead atoms. The summed E-state index contributed by atoms with van der Waals surface area (Å²) in [5.74, 6) is 1.39. The van der Waals surface area contributed by atoms with E-state index >= 15 is 0 Å². The minimum atomic E-state index is -0.975. The van der Waals surface area contributed by atoms with Crippen LogP contribution in [0.1, 0.15) is 45.0 Å². The summed E-state index contributed by atoms with van der Waals surface area (Å²) in [7, 11) is 1.62. The maximum absolute atomic E-state index is 12.8. The third kappa shape index (κ3) is 6.65. The Balaban J connectivity index is 1.37. The highest BCUT2D eigenvalue weighted by Crippen LogP contribution is 2.33. The van der Waals surface area contributed by atoms with Gasteiger partial charge in [-0.15, -0.1) is 0 Å². The zero-order valence-electron chi connectivity index (χ0n) is 20.8. The van der Waals surface area contributed by atoms with Crippen LogP contribution in [0.2, 0.25) is 0 Å². The third-order valence-corrected chi connectivity index (χ3v) is 6.41. The van der Waals surface area contributed by atoms with E-state index in [0.29, 0.717) is 19.4 Å². The molecule has 2 saturated heterocycles. The zero-order chi connectivity index (χ0) is 25.5. The molecule has 2 aliphatic heterocycles. The van der Waals surface area contributed by atoms with Crippen molar-refractivity contribution in [3.8, 4) is 11.5 Å². The van der Waals surface area contributed by atoms with Crippen LogP contribution in [-0.4, -0.2) is 49.6 Å². The number of hydrogen-bond acceptors (Lipinski definition) is 8. The molecule has 2 aromatic rings. The molecule has 5 atom stereocenters. The van der Waals surface area contributed by atoms with E-state index in [1.54, 1.807) is 27.0 Å². The van der Waals surface area contributed by atoms with Crippen LogP contribution in [0.25, 0.3) is 0 Å². The highest BCUT2D eigenvalue weighted by atomic mass is 16.8. The number of methoxy groups -OCH3 is 1. The molecule has 0 aliphatic carbocycles. The molecule has 0 aromatic heterocycles. The SMILES string of the molecule is COc1ccc(OCC[C@@H]2C[C@H](CC(=O)/C=C/[C@]3(C)OC(=O)O[C@@H]3C)O[C@H](c3ccccc3)O2)cc1. The summed E-state index contributed by atoms with van der Waals surface area (Å²) in [4.78, 5) is 24.2. The van der Waals surface area contributed by atoms with E-state index in [1.165, 1.54) is 6.08 Å². The Morgan fingerprint density at radius 2 is 1.75 bits per heavy atom. The van der Waals surface area contributed by atoms with Gasteiger partial charge in [0.2, 0.25) is 0 Å². The number of rotatable bonds is 10. The van der Waals surface area contributed by atoms with Crippen LogP contribution in [0.3, 0.4) is 0 Å². The van der Waals surface area contributed by atoms with Gasteiger partial charge in [-0.1, -0.05) is 30.3 Å². The van der Waals surface area contributed by atoms with E-state index in [4.69, 9.17) is 28.4 Å². The number of ether oxygens (including phenoxy) is 6. The van der Waals surface area contributed by atoms with Gasteiger partial charge in [-0.2, -0.15) is 0 Å². The number of ketones is 1. The number of cyclic esters (lactones) is 2. The molecule has 0 radical (unpaired) electrons. The first-order chi connectivity index (χ1) is 17.3. The second kappa shape index (κ2) is 11.6. The predicted molar refractivity (Wildman–Crippen MR) is 131 cm³/mol. The lowest BCUT2D eigenvalue weighted by atomic mass is 9.97. The van der Waals surface area contributed by atoms with Gasteiger partial charge in [0.05, 0.1) is 25.9 Å². The molecular formula is C28H32O8. The number of carbonyl (C=O) groups excluding carboxylic acids is 2. The Morgan fingerprint density at radius 3 is 2.42 bits per heavy atom. The number of hydrogen-bond donors (Lipinski definition) is 0. The van der Waals surface area contributed by atoms with Gasteiger partial charge in [0.25, 0.3) is 0 Å². The minimum Gasteiger partial charge on any atom is -0.497 e. The van der Waals surface area contributed by atoms with Gasteiger partial charge in [-0.3, -0.25) is 4.79 Å². The molecule has 2 aromatic carbocycles. The summed E-state index contributed by atoms with van der Waals surface area (Å²) in [6, 6.07) is 17.1. The van der Waals surface area contributed by atoms with Crippen LogP contribution in [0, 0.1) is 0 Å². The molecule has 8 heteroatoms. The summed E-state index contributed by atoms with van der Waals surface area (Å²) in [5.41, 5.74) is -0.0837. The lowest BCUT2D eigenvalue weighted by Crippen LogP contribution is -2.36. The zero-order valence-corrected chi connectivity index (χ0v) is 20.8. The normalized spacial score (nSPS) is 27.9. The quantitative estimate of drug-likeness (QED) is 0.329. The topological polar surface area (TPSA) is 89.5 Å². The highest BCUT2D eigenvalue weighted by molar-refractivity contribution is 5.90. The number of benzene rings is 2. The molecule has 2 heterocycles. The molecule has 4 rings (SSSR count). The van der Waals surface area contributed by atoms with Gasteiger partial charge < -0.3 is 28.4 Å². The summed E-state index contributed by atoms with van der Waals surface area (Å²) >= 11 is 0. The van der Waals surface area contributed by atoms with Gasteiger partial charge in [-0.25, -0.2) is 4.79 Å². The van der Waals surface area contributed by atoms with E-state index in [2.05, 4.69) is 0 Å². The van der Waals surface area contributed by atoms with Crippen LogP contribution >= 0.6 is 0 Å². The second-order valence-electron chi connectivity index (χ2n) is 9.11. The standard InChI is InChI=1S/C28H32O8/c1-19-28(2,36-27(30)33-19)15-13-21(29)17-25-18-24(34-26(35-25)20-7-5-4-6-8-20)14-16-32-23-11-9-22(31-3)10-12-23/h4-13,15,19,24-26H,14,16-18H2,1-3H3/b15-13+/t19-,24-,25+,26-,28+/m1/s1. The third-order valence-electron chi connectivity index (χ3n) is 6.41. The lowest BCUT2D eigenvalue weighted by molar-refractivity contribution is -0.249. The van der Waals surface area contributed by atoms with Gasteiger partial charge in [-0.05, 0) is 50.3 Å². The predicted octanol–water partition coefficient (Wildman–Crippen LogP) is 5.17. The van der Waals surface area contributed by atoms with Crippen molar-refractivity contribution in [2.75, 3.05) is 13.7 Å². The maximum atomic E-state index is 12.8. The molecule has 2 fully saturated rings. The van der Waals surface area contributed by atoms with Gasteiger partial charge >= 0.3 is 6.16 Å². The van der Waals surface area contributed by atoms with E-state index in [-0.39, 0.29) is 24.4 Å². The van der Waals surface area contributed by atoms with Crippen molar-refractivity contribution < 1.29 is 38.0 Å². The van der Waals surface area contributed by atoms with E-state index < -0.39 is 24.2 Å². The van der Waals surface area contributed by atoms with E-state index in [0.717, 1.165) is 17.1 Å². The van der Waals surface area contributed by atoms with Gasteiger partial charge in [0, 0.05) is 24.8 Å². The molecule has 192 valence electrons. The number of carbonyl (C=O) groups is 2. The monoisotopic (exact) mass is 496 g/mol. The lowest BCUT2D eigenvalue weighted by Gasteiger charge is -2.35. The first kappa shape index (κ1) is 25.7. The van der Waals surface area contributed by atoms with Crippen molar-refractivity contribution >= 4 is 11.9 Å². The van der Waals surface area contributed by atoms with Crippen LogP contribution < -0.4 is 9.47 Å². The van der Waals surface area contributed by atoms with Crippen molar-refractivity contribution in [3.05, 3.63) is 72.3 Å². The largest absolute Gasteiger partial charge is 0.509 e. The van der Waals surface area contributed by atoms with Crippen LogP contribution in [0.5, 0.6) is 11.5 Å². The van der Waals surface area contributed by atoms with Crippen LogP contribution in [0.15, 0.2) is 66.7 Å². The number of allylic oxidation sites excluding steroid dienone is 1. The van der Waals surface area contributed by atoms with Crippen molar-refractivity contribution in [2.45, 2.75) is 63.3 Å². The second-order valence-corrected chi connectivity index (χ2v) is 9.11. The van der Waals surface area contributed by atoms with Crippen molar-refractivity contribution in [1.29, 1.82) is 0 Å². The Hall–Kier alpha value is -3.36. The van der Waals surface area contributed by atoms with Crippen molar-refractivity contribution in [3.63, 3.8) is 0 Å². The summed E-state index contributed by atoms with van der Waals surface area (Å²) in [5, 5.41) is 0. The average Bonchev–Trinajstić information content (AvgIpc) is 3.14. The smallest absolute Gasteiger partial charge is 0.497 e. The molecule has 0 spiro atoms. The Bertz CT molecular complexity index is 1050. The summed E-state index contributed by atoms with van der Waals surface area (Å²) < 4.78 is 33.7. The maximum Gasteiger partial charge on any atom is 0.509 e. The average molecular weight is 497 g/mol. The molecule has 2 aliphatic rings.